The lowest BCUT2D eigenvalue weighted by atomic mass is 10.0. The molecule has 2 heterocycles. The minimum absolute atomic E-state index is 0.0918. The molecule has 0 saturated carbocycles. The Kier molecular flexibility index (Phi) is 17.4. The maximum atomic E-state index is 13.7. The molecule has 1 fully saturated rings. The molecule has 1 aromatic heterocycles. The summed E-state index contributed by atoms with van der Waals surface area (Å²) in [5.41, 5.74) is 3.82. The van der Waals surface area contributed by atoms with Gasteiger partial charge in [0.2, 0.25) is 5.91 Å². The average molecular weight is 822 g/mol. The number of amides is 3. The zero-order chi connectivity index (χ0) is 41.2. The second-order valence-corrected chi connectivity index (χ2v) is 14.7. The van der Waals surface area contributed by atoms with Crippen molar-refractivity contribution < 1.29 is 41.8 Å². The van der Waals surface area contributed by atoms with E-state index in [2.05, 4.69) is 25.8 Å². The second kappa shape index (κ2) is 22.8. The SMILES string of the molecule is COCCOCCNC(=O)CCOCCSCc1cccc(C(=O)Nc2ccc(N3CCCCC3)cc2-c2cc(C(=O)NCc3cccc(C(F)(F)F)c3)ccn2)c1. The Morgan fingerprint density at radius 1 is 0.793 bits per heavy atom. The largest absolute Gasteiger partial charge is 0.416 e. The van der Waals surface area contributed by atoms with Crippen molar-refractivity contribution >= 4 is 40.9 Å². The van der Waals surface area contributed by atoms with Crippen LogP contribution in [-0.2, 0) is 37.5 Å². The van der Waals surface area contributed by atoms with Crippen LogP contribution in [0.1, 0.15) is 63.1 Å². The maximum Gasteiger partial charge on any atom is 0.416 e. The average Bonchev–Trinajstić information content (AvgIpc) is 3.24. The van der Waals surface area contributed by atoms with Crippen molar-refractivity contribution in [2.75, 3.05) is 75.7 Å². The van der Waals surface area contributed by atoms with Crippen LogP contribution in [0, 0.1) is 0 Å². The third-order valence-electron chi connectivity index (χ3n) is 9.28. The Hall–Kier alpha value is -4.96. The molecule has 0 spiro atoms. The Balaban J connectivity index is 1.18. The van der Waals surface area contributed by atoms with Crippen LogP contribution < -0.4 is 20.9 Å². The number of benzene rings is 3. The molecular weight excluding hydrogens is 772 g/mol. The summed E-state index contributed by atoms with van der Waals surface area (Å²) in [6.07, 6.45) is 0.586. The van der Waals surface area contributed by atoms with Crippen LogP contribution in [-0.4, -0.2) is 88.2 Å². The molecule has 0 atom stereocenters. The van der Waals surface area contributed by atoms with Gasteiger partial charge in [-0.15, -0.1) is 0 Å². The monoisotopic (exact) mass is 821 g/mol. The fourth-order valence-electron chi connectivity index (χ4n) is 6.23. The summed E-state index contributed by atoms with van der Waals surface area (Å²) in [7, 11) is 1.60. The van der Waals surface area contributed by atoms with Crippen LogP contribution in [0.5, 0.6) is 0 Å². The number of carbonyl (C=O) groups excluding carboxylic acids is 3. The Morgan fingerprint density at radius 3 is 2.38 bits per heavy atom. The molecular formula is C43H50F3N5O6S. The van der Waals surface area contributed by atoms with Crippen molar-refractivity contribution in [3.63, 3.8) is 0 Å². The standard InChI is InChI=1S/C43H50F3N5O6S/c1-55-21-22-57-20-16-48-40(52)14-19-56-23-24-58-30-32-8-5-9-33(25-32)42(54)50-38-12-11-36(51-17-3-2-4-18-51)28-37(38)39-27-34(13-15-47-39)41(53)49-29-31-7-6-10-35(26-31)43(44,45)46/h5-13,15,25-28H,2-4,14,16-24,29-30H2,1H3,(H,48,52)(H,49,53)(H,50,54). The first-order valence-corrected chi connectivity index (χ1v) is 20.4. The predicted octanol–water partition coefficient (Wildman–Crippen LogP) is 7.36. The van der Waals surface area contributed by atoms with E-state index in [4.69, 9.17) is 14.2 Å². The molecule has 58 heavy (non-hydrogen) atoms. The number of rotatable bonds is 21. The van der Waals surface area contributed by atoms with Gasteiger partial charge in [0, 0.05) is 79.8 Å². The third kappa shape index (κ3) is 14.1. The normalized spacial score (nSPS) is 12.9. The first-order chi connectivity index (χ1) is 28.1. The second-order valence-electron chi connectivity index (χ2n) is 13.6. The van der Waals surface area contributed by atoms with Gasteiger partial charge in [-0.3, -0.25) is 19.4 Å². The van der Waals surface area contributed by atoms with Crippen molar-refractivity contribution in [1.29, 1.82) is 0 Å². The van der Waals surface area contributed by atoms with Gasteiger partial charge in [0.25, 0.3) is 11.8 Å². The number of piperidine rings is 1. The zero-order valence-electron chi connectivity index (χ0n) is 32.6. The van der Waals surface area contributed by atoms with Crippen molar-refractivity contribution in [3.05, 3.63) is 113 Å². The highest BCUT2D eigenvalue weighted by Crippen LogP contribution is 2.34. The van der Waals surface area contributed by atoms with Gasteiger partial charge in [-0.1, -0.05) is 24.3 Å². The van der Waals surface area contributed by atoms with Gasteiger partial charge < -0.3 is 35.1 Å². The number of hydrogen-bond acceptors (Lipinski definition) is 9. The lowest BCUT2D eigenvalue weighted by Gasteiger charge is -2.29. The summed E-state index contributed by atoms with van der Waals surface area (Å²) >= 11 is 1.66. The molecule has 3 aromatic carbocycles. The number of carbonyl (C=O) groups is 3. The molecule has 15 heteroatoms. The summed E-state index contributed by atoms with van der Waals surface area (Å²) < 4.78 is 55.5. The Labute approximate surface area is 341 Å². The summed E-state index contributed by atoms with van der Waals surface area (Å²) in [6, 6.07) is 21.2. The van der Waals surface area contributed by atoms with Gasteiger partial charge in [-0.05, 0) is 85.0 Å². The smallest absolute Gasteiger partial charge is 0.382 e. The van der Waals surface area contributed by atoms with Gasteiger partial charge in [0.1, 0.15) is 0 Å². The quantitative estimate of drug-likeness (QED) is 0.0739. The van der Waals surface area contributed by atoms with E-state index in [1.54, 1.807) is 31.0 Å². The highest BCUT2D eigenvalue weighted by molar-refractivity contribution is 7.98. The Morgan fingerprint density at radius 2 is 1.57 bits per heavy atom. The first-order valence-electron chi connectivity index (χ1n) is 19.3. The van der Waals surface area contributed by atoms with Crippen LogP contribution in [0.25, 0.3) is 11.3 Å². The molecule has 4 aromatic rings. The van der Waals surface area contributed by atoms with Gasteiger partial charge in [0.05, 0.1) is 50.0 Å². The van der Waals surface area contributed by atoms with E-state index >= 15 is 0 Å². The summed E-state index contributed by atoms with van der Waals surface area (Å²) in [5, 5.41) is 8.56. The summed E-state index contributed by atoms with van der Waals surface area (Å²) in [5.74, 6) is 0.505. The number of anilines is 2. The van der Waals surface area contributed by atoms with Crippen molar-refractivity contribution in [3.8, 4) is 11.3 Å². The number of pyridine rings is 1. The fourth-order valence-corrected chi connectivity index (χ4v) is 7.03. The van der Waals surface area contributed by atoms with Crippen LogP contribution in [0.4, 0.5) is 24.5 Å². The van der Waals surface area contributed by atoms with E-state index in [9.17, 15) is 27.6 Å². The van der Waals surface area contributed by atoms with Gasteiger partial charge >= 0.3 is 6.18 Å². The molecule has 1 saturated heterocycles. The Bertz CT molecular complexity index is 1960. The van der Waals surface area contributed by atoms with E-state index in [-0.39, 0.29) is 30.3 Å². The summed E-state index contributed by atoms with van der Waals surface area (Å²) in [6.45, 7) is 4.38. The third-order valence-corrected chi connectivity index (χ3v) is 10.3. The predicted molar refractivity (Wildman–Crippen MR) is 220 cm³/mol. The topological polar surface area (TPSA) is 131 Å². The van der Waals surface area contributed by atoms with Crippen molar-refractivity contribution in [1.82, 2.24) is 15.6 Å². The number of thioether (sulfide) groups is 1. The number of nitrogens with one attached hydrogen (secondary N) is 3. The van der Waals surface area contributed by atoms with E-state index in [1.807, 2.05) is 36.4 Å². The lowest BCUT2D eigenvalue weighted by molar-refractivity contribution is -0.137. The first kappa shape index (κ1) is 44.1. The molecule has 0 unspecified atom stereocenters. The molecule has 310 valence electrons. The fraction of sp³-hybridized carbons (Fsp3) is 0.395. The van der Waals surface area contributed by atoms with E-state index < -0.39 is 17.6 Å². The molecule has 1 aliphatic heterocycles. The highest BCUT2D eigenvalue weighted by atomic mass is 32.2. The summed E-state index contributed by atoms with van der Waals surface area (Å²) in [4.78, 5) is 45.7. The minimum Gasteiger partial charge on any atom is -0.382 e. The van der Waals surface area contributed by atoms with E-state index in [0.29, 0.717) is 79.2 Å². The molecule has 3 amide bonds. The number of hydrogen-bond donors (Lipinski definition) is 3. The van der Waals surface area contributed by atoms with Gasteiger partial charge in [0.15, 0.2) is 0 Å². The molecule has 3 N–H and O–H groups in total. The number of alkyl halides is 3. The van der Waals surface area contributed by atoms with E-state index in [0.717, 1.165) is 55.7 Å². The molecule has 5 rings (SSSR count). The maximum absolute atomic E-state index is 13.7. The van der Waals surface area contributed by atoms with Crippen molar-refractivity contribution in [2.45, 2.75) is 44.2 Å². The molecule has 11 nitrogen and oxygen atoms in total. The molecule has 0 radical (unpaired) electrons. The van der Waals surface area contributed by atoms with Crippen LogP contribution >= 0.6 is 11.8 Å². The van der Waals surface area contributed by atoms with Crippen LogP contribution in [0.3, 0.4) is 0 Å². The molecule has 0 bridgehead atoms. The van der Waals surface area contributed by atoms with Crippen molar-refractivity contribution in [2.24, 2.45) is 0 Å². The minimum atomic E-state index is -4.49. The number of methoxy groups -OCH3 is 1. The zero-order valence-corrected chi connectivity index (χ0v) is 33.4. The number of nitrogens with zero attached hydrogens (tertiary/aromatic N) is 2. The van der Waals surface area contributed by atoms with Crippen LogP contribution in [0.2, 0.25) is 0 Å². The number of halogens is 3. The van der Waals surface area contributed by atoms with Gasteiger partial charge in [-0.25, -0.2) is 0 Å². The molecule has 1 aliphatic rings. The highest BCUT2D eigenvalue weighted by Gasteiger charge is 2.30. The van der Waals surface area contributed by atoms with Gasteiger partial charge in [-0.2, -0.15) is 24.9 Å². The lowest BCUT2D eigenvalue weighted by Crippen LogP contribution is -2.29. The number of ether oxygens (including phenoxy) is 3. The van der Waals surface area contributed by atoms with Crippen LogP contribution in [0.15, 0.2) is 85.1 Å². The molecule has 0 aliphatic carbocycles. The van der Waals surface area contributed by atoms with E-state index in [1.165, 1.54) is 24.4 Å². The number of aromatic nitrogens is 1.